The lowest BCUT2D eigenvalue weighted by molar-refractivity contribution is 0.627. The second-order valence-electron chi connectivity index (χ2n) is 5.48. The van der Waals surface area contributed by atoms with E-state index >= 15 is 0 Å². The molecule has 128 valence electrons. The number of thioether (sulfide) groups is 1. The first kappa shape index (κ1) is 17.3. The van der Waals surface area contributed by atoms with E-state index in [0.717, 1.165) is 11.1 Å². The van der Waals surface area contributed by atoms with E-state index in [1.807, 2.05) is 17.7 Å². The predicted octanol–water partition coefficient (Wildman–Crippen LogP) is 3.08. The van der Waals surface area contributed by atoms with Crippen LogP contribution in [0.15, 0.2) is 59.1 Å². The van der Waals surface area contributed by atoms with Gasteiger partial charge in [0.25, 0.3) is 5.56 Å². The van der Waals surface area contributed by atoms with Gasteiger partial charge in [0.2, 0.25) is 0 Å². The highest BCUT2D eigenvalue weighted by atomic mass is 32.2. The second kappa shape index (κ2) is 8.02. The summed E-state index contributed by atoms with van der Waals surface area (Å²) in [6.07, 6.45) is 7.14. The fourth-order valence-electron chi connectivity index (χ4n) is 2.35. The maximum absolute atomic E-state index is 13.0. The lowest BCUT2D eigenvalue weighted by Gasteiger charge is -2.12. The summed E-state index contributed by atoms with van der Waals surface area (Å²) < 4.78 is 14.9. The average molecular weight is 356 g/mol. The summed E-state index contributed by atoms with van der Waals surface area (Å²) in [7, 11) is 0. The Hall–Kier alpha value is -2.54. The molecular formula is C18H17FN4OS. The molecule has 0 atom stereocenters. The van der Waals surface area contributed by atoms with Crippen LogP contribution in [0.3, 0.4) is 0 Å². The third-order valence-corrected chi connectivity index (χ3v) is 4.72. The Balaban J connectivity index is 1.79. The highest BCUT2D eigenvalue weighted by Gasteiger charge is 2.10. The van der Waals surface area contributed by atoms with Gasteiger partial charge in [-0.25, -0.2) is 14.4 Å². The quantitative estimate of drug-likeness (QED) is 0.502. The highest BCUT2D eigenvalue weighted by molar-refractivity contribution is 7.98. The van der Waals surface area contributed by atoms with E-state index in [1.54, 1.807) is 24.5 Å². The minimum atomic E-state index is -0.258. The molecule has 2 heterocycles. The van der Waals surface area contributed by atoms with E-state index in [9.17, 15) is 9.18 Å². The minimum absolute atomic E-state index is 0.241. The zero-order valence-electron chi connectivity index (χ0n) is 13.7. The summed E-state index contributed by atoms with van der Waals surface area (Å²) in [5.41, 5.74) is 2.22. The fourth-order valence-corrected chi connectivity index (χ4v) is 3.34. The Labute approximate surface area is 149 Å². The third kappa shape index (κ3) is 4.51. The molecule has 0 radical (unpaired) electrons. The van der Waals surface area contributed by atoms with Gasteiger partial charge in [0, 0.05) is 42.9 Å². The monoisotopic (exact) mass is 356 g/mol. The van der Waals surface area contributed by atoms with Crippen LogP contribution in [0, 0.1) is 5.82 Å². The summed E-state index contributed by atoms with van der Waals surface area (Å²) in [6.45, 7) is 2.71. The SMILES string of the molecule is CCn1cc(Cc2cncnc2)c(=O)nc1SCc1ccc(F)cc1. The van der Waals surface area contributed by atoms with E-state index in [0.29, 0.717) is 29.4 Å². The number of nitrogens with zero attached hydrogens (tertiary/aromatic N) is 4. The number of aryl methyl sites for hydroxylation is 1. The van der Waals surface area contributed by atoms with Crippen LogP contribution >= 0.6 is 11.8 Å². The van der Waals surface area contributed by atoms with Gasteiger partial charge in [0.15, 0.2) is 5.16 Å². The largest absolute Gasteiger partial charge is 0.327 e. The topological polar surface area (TPSA) is 60.7 Å². The molecule has 5 nitrogen and oxygen atoms in total. The van der Waals surface area contributed by atoms with Crippen LogP contribution < -0.4 is 5.56 Å². The molecule has 7 heteroatoms. The van der Waals surface area contributed by atoms with Crippen LogP contribution in [0.5, 0.6) is 0 Å². The summed E-state index contributed by atoms with van der Waals surface area (Å²) in [5, 5.41) is 0.657. The molecule has 1 aromatic carbocycles. The van der Waals surface area contributed by atoms with E-state index in [1.165, 1.54) is 30.2 Å². The van der Waals surface area contributed by atoms with Gasteiger partial charge in [-0.3, -0.25) is 4.79 Å². The molecule has 0 amide bonds. The molecule has 0 aliphatic rings. The van der Waals surface area contributed by atoms with Gasteiger partial charge in [-0.15, -0.1) is 0 Å². The van der Waals surface area contributed by atoms with Gasteiger partial charge in [-0.2, -0.15) is 4.98 Å². The number of hydrogen-bond acceptors (Lipinski definition) is 5. The van der Waals surface area contributed by atoms with Crippen molar-refractivity contribution in [1.29, 1.82) is 0 Å². The summed E-state index contributed by atoms with van der Waals surface area (Å²) in [6, 6.07) is 6.34. The molecule has 0 fully saturated rings. The van der Waals surface area contributed by atoms with Crippen molar-refractivity contribution in [2.75, 3.05) is 0 Å². The molecule has 0 N–H and O–H groups in total. The fraction of sp³-hybridized carbons (Fsp3) is 0.222. The molecule has 2 aromatic heterocycles. The van der Waals surface area contributed by atoms with E-state index in [-0.39, 0.29) is 11.4 Å². The van der Waals surface area contributed by atoms with Crippen LogP contribution in [0.2, 0.25) is 0 Å². The number of hydrogen-bond donors (Lipinski definition) is 0. The lowest BCUT2D eigenvalue weighted by Crippen LogP contribution is -2.19. The van der Waals surface area contributed by atoms with Crippen LogP contribution in [-0.2, 0) is 18.7 Å². The summed E-state index contributed by atoms with van der Waals surface area (Å²) in [5.74, 6) is 0.366. The molecule has 0 saturated carbocycles. The Morgan fingerprint density at radius 1 is 1.12 bits per heavy atom. The standard InChI is InChI=1S/C18H17FN4OS/c1-2-23-10-15(7-14-8-20-12-21-9-14)17(24)22-18(23)25-11-13-3-5-16(19)6-4-13/h3-6,8-10,12H,2,7,11H2,1H3. The van der Waals surface area contributed by atoms with Crippen molar-refractivity contribution < 1.29 is 4.39 Å². The molecule has 0 saturated heterocycles. The normalized spacial score (nSPS) is 10.8. The Bertz CT molecular complexity index is 897. The van der Waals surface area contributed by atoms with Crippen molar-refractivity contribution in [3.8, 4) is 0 Å². The molecule has 3 rings (SSSR count). The third-order valence-electron chi connectivity index (χ3n) is 3.66. The highest BCUT2D eigenvalue weighted by Crippen LogP contribution is 2.21. The van der Waals surface area contributed by atoms with Crippen molar-refractivity contribution in [3.05, 3.63) is 82.0 Å². The van der Waals surface area contributed by atoms with Crippen molar-refractivity contribution in [1.82, 2.24) is 19.5 Å². The van der Waals surface area contributed by atoms with Crippen LogP contribution in [0.4, 0.5) is 4.39 Å². The van der Waals surface area contributed by atoms with E-state index in [2.05, 4.69) is 15.0 Å². The van der Waals surface area contributed by atoms with Crippen LogP contribution in [0.1, 0.15) is 23.6 Å². The number of halogens is 1. The molecule has 3 aromatic rings. The van der Waals surface area contributed by atoms with Gasteiger partial charge in [-0.1, -0.05) is 23.9 Å². The van der Waals surface area contributed by atoms with Crippen molar-refractivity contribution >= 4 is 11.8 Å². The zero-order valence-corrected chi connectivity index (χ0v) is 14.5. The summed E-state index contributed by atoms with van der Waals surface area (Å²) in [4.78, 5) is 24.5. The van der Waals surface area contributed by atoms with Crippen molar-refractivity contribution in [3.63, 3.8) is 0 Å². The molecule has 0 unspecified atom stereocenters. The van der Waals surface area contributed by atoms with Crippen LogP contribution in [-0.4, -0.2) is 19.5 Å². The first-order valence-electron chi connectivity index (χ1n) is 7.87. The Morgan fingerprint density at radius 3 is 2.52 bits per heavy atom. The predicted molar refractivity (Wildman–Crippen MR) is 95.0 cm³/mol. The summed E-state index contributed by atoms with van der Waals surface area (Å²) >= 11 is 1.46. The van der Waals surface area contributed by atoms with Gasteiger partial charge >= 0.3 is 0 Å². The number of benzene rings is 1. The average Bonchev–Trinajstić information content (AvgIpc) is 2.64. The van der Waals surface area contributed by atoms with Gasteiger partial charge in [-0.05, 0) is 30.2 Å². The number of rotatable bonds is 6. The van der Waals surface area contributed by atoms with E-state index in [4.69, 9.17) is 0 Å². The van der Waals surface area contributed by atoms with Crippen molar-refractivity contribution in [2.24, 2.45) is 0 Å². The van der Waals surface area contributed by atoms with Gasteiger partial charge in [0.05, 0.1) is 0 Å². The number of aromatic nitrogens is 4. The van der Waals surface area contributed by atoms with E-state index < -0.39 is 0 Å². The Morgan fingerprint density at radius 2 is 1.84 bits per heavy atom. The van der Waals surface area contributed by atoms with Gasteiger partial charge < -0.3 is 4.57 Å². The van der Waals surface area contributed by atoms with Crippen LogP contribution in [0.25, 0.3) is 0 Å². The minimum Gasteiger partial charge on any atom is -0.327 e. The molecule has 0 aliphatic carbocycles. The Kier molecular flexibility index (Phi) is 5.55. The zero-order chi connectivity index (χ0) is 17.6. The molecule has 0 bridgehead atoms. The molecule has 25 heavy (non-hydrogen) atoms. The second-order valence-corrected chi connectivity index (χ2v) is 6.42. The smallest absolute Gasteiger partial charge is 0.277 e. The molecule has 0 spiro atoms. The lowest BCUT2D eigenvalue weighted by atomic mass is 10.1. The maximum Gasteiger partial charge on any atom is 0.277 e. The first-order valence-corrected chi connectivity index (χ1v) is 8.85. The molecule has 0 aliphatic heterocycles. The maximum atomic E-state index is 13.0. The van der Waals surface area contributed by atoms with Crippen molar-refractivity contribution in [2.45, 2.75) is 30.8 Å². The first-order chi connectivity index (χ1) is 12.2. The molecular weight excluding hydrogens is 339 g/mol. The van der Waals surface area contributed by atoms with Gasteiger partial charge in [0.1, 0.15) is 12.1 Å².